The van der Waals surface area contributed by atoms with Crippen LogP contribution in [0.4, 0.5) is 5.69 Å². The van der Waals surface area contributed by atoms with Gasteiger partial charge in [-0.25, -0.2) is 13.1 Å². The maximum absolute atomic E-state index is 12.1. The zero-order valence-electron chi connectivity index (χ0n) is 12.4. The summed E-state index contributed by atoms with van der Waals surface area (Å²) in [4.78, 5) is 13.9. The first-order valence-electron chi connectivity index (χ1n) is 6.97. The molecular formula is C14H20N2O4S. The number of hydrogen-bond donors (Lipinski definition) is 1. The number of carbonyl (C=O) groups excluding carboxylic acids is 1. The molecule has 1 aromatic rings. The van der Waals surface area contributed by atoms with Crippen LogP contribution in [-0.2, 0) is 14.8 Å². The fourth-order valence-corrected chi connectivity index (χ4v) is 3.00. The van der Waals surface area contributed by atoms with Crippen LogP contribution in [0.1, 0.15) is 26.7 Å². The molecule has 1 aliphatic rings. The second-order valence-electron chi connectivity index (χ2n) is 4.84. The zero-order chi connectivity index (χ0) is 15.6. The van der Waals surface area contributed by atoms with E-state index in [2.05, 4.69) is 4.72 Å². The average molecular weight is 312 g/mol. The van der Waals surface area contributed by atoms with Crippen molar-refractivity contribution in [1.29, 1.82) is 0 Å². The summed E-state index contributed by atoms with van der Waals surface area (Å²) in [6.45, 7) is 4.22. The van der Waals surface area contributed by atoms with Crippen molar-refractivity contribution in [3.8, 4) is 5.75 Å². The van der Waals surface area contributed by atoms with E-state index < -0.39 is 10.0 Å². The first kappa shape index (κ1) is 15.8. The van der Waals surface area contributed by atoms with Gasteiger partial charge in [-0.2, -0.15) is 0 Å². The molecule has 1 amide bonds. The molecule has 2 rings (SSSR count). The van der Waals surface area contributed by atoms with E-state index >= 15 is 0 Å². The number of sulfonamides is 1. The Labute approximate surface area is 125 Å². The highest BCUT2D eigenvalue weighted by molar-refractivity contribution is 7.89. The highest BCUT2D eigenvalue weighted by atomic mass is 32.2. The summed E-state index contributed by atoms with van der Waals surface area (Å²) in [7, 11) is -2.20. The monoisotopic (exact) mass is 312 g/mol. The van der Waals surface area contributed by atoms with Gasteiger partial charge in [-0.3, -0.25) is 4.79 Å². The summed E-state index contributed by atoms with van der Waals surface area (Å²) in [5.41, 5.74) is 0.517. The van der Waals surface area contributed by atoms with Gasteiger partial charge in [0.1, 0.15) is 11.9 Å². The largest absolute Gasteiger partial charge is 0.486 e. The van der Waals surface area contributed by atoms with Gasteiger partial charge in [0.25, 0.3) is 0 Å². The number of fused-ring (bicyclic) bond motifs is 1. The topological polar surface area (TPSA) is 75.7 Å². The standard InChI is InChI=1S/C14H20N2O4S/c1-4-10-9-16(14(17)5-2)12-8-11(21(18,19)15-3)6-7-13(12)20-10/h6-8,10,15H,4-5,9H2,1-3H3. The van der Waals surface area contributed by atoms with Gasteiger partial charge in [0.15, 0.2) is 0 Å². The van der Waals surface area contributed by atoms with E-state index in [1.54, 1.807) is 17.9 Å². The van der Waals surface area contributed by atoms with Crippen LogP contribution in [0.2, 0.25) is 0 Å². The minimum absolute atomic E-state index is 0.0444. The molecule has 21 heavy (non-hydrogen) atoms. The minimum Gasteiger partial charge on any atom is -0.486 e. The zero-order valence-corrected chi connectivity index (χ0v) is 13.2. The Kier molecular flexibility index (Phi) is 4.53. The van der Waals surface area contributed by atoms with Gasteiger partial charge < -0.3 is 9.64 Å². The summed E-state index contributed by atoms with van der Waals surface area (Å²) in [5, 5.41) is 0. The third-order valence-corrected chi connectivity index (χ3v) is 4.95. The predicted molar refractivity (Wildman–Crippen MR) is 80.0 cm³/mol. The number of carbonyl (C=O) groups is 1. The normalized spacial score (nSPS) is 18.0. The van der Waals surface area contributed by atoms with Crippen LogP contribution in [0.15, 0.2) is 23.1 Å². The molecule has 0 bridgehead atoms. The molecule has 0 radical (unpaired) electrons. The lowest BCUT2D eigenvalue weighted by atomic mass is 10.1. The molecule has 1 aromatic carbocycles. The lowest BCUT2D eigenvalue weighted by Gasteiger charge is -2.34. The fraction of sp³-hybridized carbons (Fsp3) is 0.500. The number of rotatable bonds is 4. The molecule has 0 saturated carbocycles. The number of benzene rings is 1. The van der Waals surface area contributed by atoms with E-state index in [0.717, 1.165) is 6.42 Å². The molecular weight excluding hydrogens is 292 g/mol. The SMILES string of the molecule is CCC(=O)N1CC(CC)Oc2ccc(S(=O)(=O)NC)cc21. The summed E-state index contributed by atoms with van der Waals surface area (Å²) in [6.07, 6.45) is 1.07. The lowest BCUT2D eigenvalue weighted by molar-refractivity contribution is -0.118. The fourth-order valence-electron chi connectivity index (χ4n) is 2.25. The van der Waals surface area contributed by atoms with E-state index in [4.69, 9.17) is 4.74 Å². The Balaban J connectivity index is 2.51. The maximum atomic E-state index is 12.1. The van der Waals surface area contributed by atoms with E-state index in [1.807, 2.05) is 6.92 Å². The van der Waals surface area contributed by atoms with Crippen LogP contribution in [0.5, 0.6) is 5.75 Å². The van der Waals surface area contributed by atoms with E-state index in [0.29, 0.717) is 24.4 Å². The molecule has 116 valence electrons. The van der Waals surface area contributed by atoms with Crippen molar-refractivity contribution in [2.45, 2.75) is 37.7 Å². The summed E-state index contributed by atoms with van der Waals surface area (Å²) in [5.74, 6) is 0.502. The summed E-state index contributed by atoms with van der Waals surface area (Å²) < 4.78 is 31.9. The lowest BCUT2D eigenvalue weighted by Crippen LogP contribution is -2.43. The molecule has 0 fully saturated rings. The number of amides is 1. The van der Waals surface area contributed by atoms with Gasteiger partial charge in [-0.05, 0) is 31.7 Å². The molecule has 1 atom stereocenters. The van der Waals surface area contributed by atoms with Gasteiger partial charge in [-0.1, -0.05) is 13.8 Å². The van der Waals surface area contributed by atoms with E-state index in [-0.39, 0.29) is 16.9 Å². The molecule has 1 aliphatic heterocycles. The van der Waals surface area contributed by atoms with Crippen molar-refractivity contribution in [2.75, 3.05) is 18.5 Å². The van der Waals surface area contributed by atoms with Gasteiger partial charge in [-0.15, -0.1) is 0 Å². The van der Waals surface area contributed by atoms with Crippen LogP contribution in [0, 0.1) is 0 Å². The van der Waals surface area contributed by atoms with Crippen molar-refractivity contribution in [3.63, 3.8) is 0 Å². The Morgan fingerprint density at radius 1 is 1.43 bits per heavy atom. The number of nitrogens with zero attached hydrogens (tertiary/aromatic N) is 1. The maximum Gasteiger partial charge on any atom is 0.240 e. The van der Waals surface area contributed by atoms with Gasteiger partial charge in [0, 0.05) is 6.42 Å². The first-order chi connectivity index (χ1) is 9.92. The first-order valence-corrected chi connectivity index (χ1v) is 8.45. The molecule has 0 aromatic heterocycles. The third-order valence-electron chi connectivity index (χ3n) is 3.54. The van der Waals surface area contributed by atoms with Crippen LogP contribution in [0.25, 0.3) is 0 Å². The van der Waals surface area contributed by atoms with Crippen molar-refractivity contribution < 1.29 is 17.9 Å². The Morgan fingerprint density at radius 3 is 2.71 bits per heavy atom. The number of ether oxygens (including phenoxy) is 1. The molecule has 1 unspecified atom stereocenters. The second-order valence-corrected chi connectivity index (χ2v) is 6.73. The smallest absolute Gasteiger partial charge is 0.240 e. The van der Waals surface area contributed by atoms with E-state index in [9.17, 15) is 13.2 Å². The van der Waals surface area contributed by atoms with Crippen LogP contribution >= 0.6 is 0 Å². The highest BCUT2D eigenvalue weighted by Crippen LogP contribution is 2.36. The van der Waals surface area contributed by atoms with Crippen LogP contribution in [0.3, 0.4) is 0 Å². The van der Waals surface area contributed by atoms with Crippen molar-refractivity contribution in [1.82, 2.24) is 4.72 Å². The van der Waals surface area contributed by atoms with Crippen molar-refractivity contribution in [3.05, 3.63) is 18.2 Å². The predicted octanol–water partition coefficient (Wildman–Crippen LogP) is 1.51. The van der Waals surface area contributed by atoms with Crippen LogP contribution in [-0.4, -0.2) is 34.0 Å². The van der Waals surface area contributed by atoms with Crippen molar-refractivity contribution in [2.24, 2.45) is 0 Å². The molecule has 7 heteroatoms. The number of anilines is 1. The number of nitrogens with one attached hydrogen (secondary N) is 1. The molecule has 1 heterocycles. The Hall–Kier alpha value is -1.60. The molecule has 1 N–H and O–H groups in total. The summed E-state index contributed by atoms with van der Waals surface area (Å²) >= 11 is 0. The van der Waals surface area contributed by atoms with Gasteiger partial charge in [0.2, 0.25) is 15.9 Å². The molecule has 0 aliphatic carbocycles. The highest BCUT2D eigenvalue weighted by Gasteiger charge is 2.29. The minimum atomic E-state index is -3.55. The molecule has 0 saturated heterocycles. The third kappa shape index (κ3) is 3.03. The van der Waals surface area contributed by atoms with Crippen LogP contribution < -0.4 is 14.4 Å². The summed E-state index contributed by atoms with van der Waals surface area (Å²) in [6, 6.07) is 4.58. The average Bonchev–Trinajstić information content (AvgIpc) is 2.52. The van der Waals surface area contributed by atoms with E-state index in [1.165, 1.54) is 19.2 Å². The molecule has 0 spiro atoms. The van der Waals surface area contributed by atoms with Gasteiger partial charge in [0.05, 0.1) is 17.1 Å². The number of hydrogen-bond acceptors (Lipinski definition) is 4. The molecule has 6 nitrogen and oxygen atoms in total. The van der Waals surface area contributed by atoms with Crippen molar-refractivity contribution >= 4 is 21.6 Å². The van der Waals surface area contributed by atoms with Gasteiger partial charge >= 0.3 is 0 Å². The second kappa shape index (κ2) is 6.03. The Bertz CT molecular complexity index is 642. The quantitative estimate of drug-likeness (QED) is 0.914. The Morgan fingerprint density at radius 2 is 2.14 bits per heavy atom.